The highest BCUT2D eigenvalue weighted by Crippen LogP contribution is 1.79. The number of carbonyl (C=O) groups is 1. The lowest BCUT2D eigenvalue weighted by Gasteiger charge is -2.00. The van der Waals surface area contributed by atoms with Crippen molar-refractivity contribution in [1.29, 1.82) is 0 Å². The molecule has 0 fully saturated rings. The zero-order valence-corrected chi connectivity index (χ0v) is 8.87. The lowest BCUT2D eigenvalue weighted by atomic mass is 10.4. The summed E-state index contributed by atoms with van der Waals surface area (Å²) < 4.78 is 9.25. The molecule has 0 aromatic rings. The summed E-state index contributed by atoms with van der Waals surface area (Å²) in [7, 11) is 0. The van der Waals surface area contributed by atoms with E-state index in [1.54, 1.807) is 13.8 Å². The van der Waals surface area contributed by atoms with E-state index in [2.05, 4.69) is 4.74 Å². The van der Waals surface area contributed by atoms with Crippen molar-refractivity contribution in [2.24, 2.45) is 0 Å². The molecule has 4 nitrogen and oxygen atoms in total. The Balaban J connectivity index is 0. The fourth-order valence-electron chi connectivity index (χ4n) is 0.492. The summed E-state index contributed by atoms with van der Waals surface area (Å²) in [6, 6.07) is 0. The molecule has 4 heteroatoms. The van der Waals surface area contributed by atoms with Gasteiger partial charge in [-0.15, -0.1) is 0 Å². The average Bonchev–Trinajstić information content (AvgIpc) is 2.01. The minimum Gasteiger partial charge on any atom is -0.466 e. The van der Waals surface area contributed by atoms with Crippen LogP contribution < -0.4 is 0 Å². The van der Waals surface area contributed by atoms with Crippen LogP contribution in [0.15, 0.2) is 0 Å². The van der Waals surface area contributed by atoms with E-state index < -0.39 is 0 Å². The van der Waals surface area contributed by atoms with Crippen LogP contribution in [0.1, 0.15) is 27.7 Å². The number of aliphatic hydroxyl groups excluding tert-OH is 1. The average molecular weight is 192 g/mol. The predicted octanol–water partition coefficient (Wildman–Crippen LogP) is 0.973. The molecule has 0 saturated heterocycles. The minimum absolute atomic E-state index is 0.211. The number of esters is 1. The van der Waals surface area contributed by atoms with Crippen LogP contribution in [0.25, 0.3) is 0 Å². The molecule has 0 amide bonds. The lowest BCUT2D eigenvalue weighted by molar-refractivity contribution is -0.140. The minimum atomic E-state index is -0.319. The van der Waals surface area contributed by atoms with Crippen molar-refractivity contribution in [3.63, 3.8) is 0 Å². The summed E-state index contributed by atoms with van der Waals surface area (Å²) in [6.07, 6.45) is -0.319. The first-order chi connectivity index (χ1) is 6.04. The van der Waals surface area contributed by atoms with Crippen LogP contribution in [0.3, 0.4) is 0 Å². The molecule has 0 radical (unpaired) electrons. The lowest BCUT2D eigenvalue weighted by Crippen LogP contribution is -2.09. The summed E-state index contributed by atoms with van der Waals surface area (Å²) in [5, 5.41) is 8.56. The third-order valence-corrected chi connectivity index (χ3v) is 0.911. The van der Waals surface area contributed by atoms with Crippen LogP contribution in [0.5, 0.6) is 0 Å². The summed E-state index contributed by atoms with van der Waals surface area (Å²) >= 11 is 0. The molecule has 1 atom stereocenters. The van der Waals surface area contributed by atoms with Gasteiger partial charge in [-0.25, -0.2) is 0 Å². The molecule has 1 unspecified atom stereocenters. The van der Waals surface area contributed by atoms with Crippen molar-refractivity contribution in [2.45, 2.75) is 33.8 Å². The Hall–Kier alpha value is -0.610. The quantitative estimate of drug-likeness (QED) is 0.674. The first-order valence-electron chi connectivity index (χ1n) is 4.43. The normalized spacial score (nSPS) is 11.2. The van der Waals surface area contributed by atoms with E-state index in [-0.39, 0.29) is 12.1 Å². The maximum Gasteiger partial charge on any atom is 0.302 e. The first kappa shape index (κ1) is 14.9. The van der Waals surface area contributed by atoms with Crippen LogP contribution in [-0.4, -0.2) is 37.0 Å². The van der Waals surface area contributed by atoms with Crippen LogP contribution in [-0.2, 0) is 14.3 Å². The largest absolute Gasteiger partial charge is 0.466 e. The zero-order chi connectivity index (χ0) is 10.7. The Kier molecular flexibility index (Phi) is 13.0. The third kappa shape index (κ3) is 24.6. The van der Waals surface area contributed by atoms with E-state index in [4.69, 9.17) is 9.84 Å². The maximum absolute atomic E-state index is 9.82. The number of hydrogen-bond acceptors (Lipinski definition) is 4. The fourth-order valence-corrected chi connectivity index (χ4v) is 0.492. The molecular formula is C9H20O4. The van der Waals surface area contributed by atoms with Gasteiger partial charge in [0.25, 0.3) is 0 Å². The second-order valence-electron chi connectivity index (χ2n) is 2.43. The molecule has 0 aliphatic heterocycles. The monoisotopic (exact) mass is 192 g/mol. The highest BCUT2D eigenvalue weighted by molar-refractivity contribution is 5.65. The smallest absolute Gasteiger partial charge is 0.302 e. The van der Waals surface area contributed by atoms with Gasteiger partial charge in [0.2, 0.25) is 0 Å². The molecule has 0 bridgehead atoms. The molecular weight excluding hydrogens is 172 g/mol. The van der Waals surface area contributed by atoms with Gasteiger partial charge in [0.05, 0.1) is 19.3 Å². The van der Waals surface area contributed by atoms with E-state index in [0.717, 1.165) is 0 Å². The number of rotatable bonds is 4. The highest BCUT2D eigenvalue weighted by atomic mass is 16.5. The van der Waals surface area contributed by atoms with Crippen molar-refractivity contribution in [2.75, 3.05) is 19.8 Å². The Morgan fingerprint density at radius 2 is 1.92 bits per heavy atom. The van der Waals surface area contributed by atoms with Gasteiger partial charge in [-0.2, -0.15) is 0 Å². The molecule has 0 aromatic carbocycles. The maximum atomic E-state index is 9.82. The first-order valence-corrected chi connectivity index (χ1v) is 4.43. The van der Waals surface area contributed by atoms with E-state index in [1.165, 1.54) is 6.92 Å². The second kappa shape index (κ2) is 11.4. The van der Waals surface area contributed by atoms with Crippen molar-refractivity contribution >= 4 is 5.97 Å². The highest BCUT2D eigenvalue weighted by Gasteiger charge is 1.90. The van der Waals surface area contributed by atoms with Crippen molar-refractivity contribution in [3.8, 4) is 0 Å². The molecule has 0 aromatic heterocycles. The van der Waals surface area contributed by atoms with Gasteiger partial charge in [-0.05, 0) is 20.8 Å². The molecule has 80 valence electrons. The van der Waals surface area contributed by atoms with E-state index in [1.807, 2.05) is 6.92 Å². The van der Waals surface area contributed by atoms with Crippen LogP contribution >= 0.6 is 0 Å². The Morgan fingerprint density at radius 3 is 2.00 bits per heavy atom. The Morgan fingerprint density at radius 1 is 1.38 bits per heavy atom. The summed E-state index contributed by atoms with van der Waals surface area (Å²) in [6.45, 7) is 8.40. The number of aliphatic hydroxyl groups is 1. The topological polar surface area (TPSA) is 55.8 Å². The van der Waals surface area contributed by atoms with E-state index >= 15 is 0 Å². The van der Waals surface area contributed by atoms with Gasteiger partial charge in [0, 0.05) is 13.5 Å². The van der Waals surface area contributed by atoms with E-state index in [9.17, 15) is 4.79 Å². The van der Waals surface area contributed by atoms with Gasteiger partial charge in [0.1, 0.15) is 0 Å². The zero-order valence-electron chi connectivity index (χ0n) is 8.87. The van der Waals surface area contributed by atoms with Crippen molar-refractivity contribution < 1.29 is 19.4 Å². The second-order valence-corrected chi connectivity index (χ2v) is 2.43. The van der Waals surface area contributed by atoms with Gasteiger partial charge in [0.15, 0.2) is 0 Å². The molecule has 0 rings (SSSR count). The van der Waals surface area contributed by atoms with Crippen LogP contribution in [0, 0.1) is 0 Å². The van der Waals surface area contributed by atoms with E-state index in [0.29, 0.717) is 19.8 Å². The number of carbonyl (C=O) groups excluding carboxylic acids is 1. The molecule has 0 saturated carbocycles. The van der Waals surface area contributed by atoms with Crippen molar-refractivity contribution in [3.05, 3.63) is 0 Å². The SMILES string of the molecule is CCOC(C)=O.CCOCC(C)O. The van der Waals surface area contributed by atoms with Crippen LogP contribution in [0.2, 0.25) is 0 Å². The Bertz CT molecular complexity index is 112. The third-order valence-electron chi connectivity index (χ3n) is 0.911. The van der Waals surface area contributed by atoms with Crippen LogP contribution in [0.4, 0.5) is 0 Å². The molecule has 0 heterocycles. The van der Waals surface area contributed by atoms with Gasteiger partial charge >= 0.3 is 5.97 Å². The molecule has 0 spiro atoms. The molecule has 0 aliphatic rings. The number of ether oxygens (including phenoxy) is 2. The fraction of sp³-hybridized carbons (Fsp3) is 0.889. The van der Waals surface area contributed by atoms with Crippen molar-refractivity contribution in [1.82, 2.24) is 0 Å². The van der Waals surface area contributed by atoms with Gasteiger partial charge < -0.3 is 14.6 Å². The standard InChI is InChI=1S/C5H12O2.C4H8O2/c1-3-7-4-5(2)6;1-3-6-4(2)5/h5-6H,3-4H2,1-2H3;3H2,1-2H3. The number of hydrogen-bond donors (Lipinski definition) is 1. The van der Waals surface area contributed by atoms with Gasteiger partial charge in [-0.1, -0.05) is 0 Å². The molecule has 13 heavy (non-hydrogen) atoms. The summed E-state index contributed by atoms with van der Waals surface area (Å²) in [4.78, 5) is 9.82. The summed E-state index contributed by atoms with van der Waals surface area (Å²) in [5.74, 6) is -0.211. The molecule has 1 N–H and O–H groups in total. The Labute approximate surface area is 79.8 Å². The summed E-state index contributed by atoms with van der Waals surface area (Å²) in [5.41, 5.74) is 0. The van der Waals surface area contributed by atoms with Gasteiger partial charge in [-0.3, -0.25) is 4.79 Å². The predicted molar refractivity (Wildman–Crippen MR) is 50.5 cm³/mol. The molecule has 0 aliphatic carbocycles.